The summed E-state index contributed by atoms with van der Waals surface area (Å²) in [6.07, 6.45) is 5.13. The van der Waals surface area contributed by atoms with Gasteiger partial charge in [0.25, 0.3) is 0 Å². The Morgan fingerprint density at radius 2 is 2.21 bits per heavy atom. The lowest BCUT2D eigenvalue weighted by Gasteiger charge is -2.09. The van der Waals surface area contributed by atoms with Gasteiger partial charge in [-0.05, 0) is 30.7 Å². The van der Waals surface area contributed by atoms with Crippen LogP contribution in [0.15, 0.2) is 36.8 Å². The molecule has 3 rings (SSSR count). The lowest BCUT2D eigenvalue weighted by Crippen LogP contribution is -2.02. The van der Waals surface area contributed by atoms with Crippen LogP contribution in [0.25, 0.3) is 5.65 Å². The van der Waals surface area contributed by atoms with Crippen molar-refractivity contribution in [2.45, 2.75) is 6.92 Å². The number of benzene rings is 1. The molecule has 5 nitrogen and oxygen atoms in total. The molecule has 2 aromatic heterocycles. The van der Waals surface area contributed by atoms with Crippen molar-refractivity contribution >= 4 is 23.0 Å². The minimum Gasteiger partial charge on any atom is -0.382 e. The maximum Gasteiger partial charge on any atom is 0.180 e. The van der Waals surface area contributed by atoms with E-state index in [1.54, 1.807) is 42.0 Å². The number of halogens is 1. The SMILES string of the molecule is Cc1cc(Nc2nc(N)cn3ccnc23)ccc1F. The van der Waals surface area contributed by atoms with Gasteiger partial charge in [0.1, 0.15) is 11.6 Å². The van der Waals surface area contributed by atoms with E-state index in [0.717, 1.165) is 5.69 Å². The molecular weight excluding hydrogens is 245 g/mol. The number of nitrogens with one attached hydrogen (secondary N) is 1. The zero-order valence-corrected chi connectivity index (χ0v) is 10.3. The molecule has 3 N–H and O–H groups in total. The van der Waals surface area contributed by atoms with E-state index >= 15 is 0 Å². The van der Waals surface area contributed by atoms with Crippen LogP contribution in [0, 0.1) is 12.7 Å². The third kappa shape index (κ3) is 2.08. The first-order chi connectivity index (χ1) is 9.13. The number of nitrogens with zero attached hydrogens (tertiary/aromatic N) is 3. The summed E-state index contributed by atoms with van der Waals surface area (Å²) < 4.78 is 15.0. The molecular formula is C13H12FN5. The van der Waals surface area contributed by atoms with Gasteiger partial charge in [-0.2, -0.15) is 0 Å². The molecule has 3 aromatic rings. The highest BCUT2D eigenvalue weighted by atomic mass is 19.1. The number of aryl methyl sites for hydroxylation is 1. The minimum atomic E-state index is -0.239. The quantitative estimate of drug-likeness (QED) is 0.740. The highest BCUT2D eigenvalue weighted by molar-refractivity contribution is 5.71. The van der Waals surface area contributed by atoms with Crippen molar-refractivity contribution in [2.24, 2.45) is 0 Å². The number of aromatic nitrogens is 3. The molecule has 19 heavy (non-hydrogen) atoms. The molecule has 96 valence electrons. The van der Waals surface area contributed by atoms with Crippen molar-refractivity contribution < 1.29 is 4.39 Å². The molecule has 0 aliphatic carbocycles. The van der Waals surface area contributed by atoms with Crippen LogP contribution in [-0.4, -0.2) is 14.4 Å². The first-order valence-electron chi connectivity index (χ1n) is 5.76. The summed E-state index contributed by atoms with van der Waals surface area (Å²) in [6.45, 7) is 1.71. The van der Waals surface area contributed by atoms with Crippen molar-refractivity contribution in [3.05, 3.63) is 48.2 Å². The molecule has 1 aromatic carbocycles. The highest BCUT2D eigenvalue weighted by Gasteiger charge is 2.07. The molecule has 0 saturated carbocycles. The maximum atomic E-state index is 13.2. The van der Waals surface area contributed by atoms with Gasteiger partial charge in [0, 0.05) is 18.1 Å². The third-order valence-electron chi connectivity index (χ3n) is 2.81. The fraction of sp³-hybridized carbons (Fsp3) is 0.0769. The van der Waals surface area contributed by atoms with E-state index in [4.69, 9.17) is 5.73 Å². The summed E-state index contributed by atoms with van der Waals surface area (Å²) in [7, 11) is 0. The average Bonchev–Trinajstić information content (AvgIpc) is 2.82. The van der Waals surface area contributed by atoms with Crippen molar-refractivity contribution in [1.29, 1.82) is 0 Å². The molecule has 0 saturated heterocycles. The lowest BCUT2D eigenvalue weighted by molar-refractivity contribution is 0.619. The molecule has 0 atom stereocenters. The maximum absolute atomic E-state index is 13.2. The van der Waals surface area contributed by atoms with Gasteiger partial charge in [0.15, 0.2) is 11.5 Å². The first-order valence-corrected chi connectivity index (χ1v) is 5.76. The molecule has 0 aliphatic heterocycles. The van der Waals surface area contributed by atoms with Gasteiger partial charge < -0.3 is 15.5 Å². The number of rotatable bonds is 2. The Labute approximate surface area is 108 Å². The van der Waals surface area contributed by atoms with E-state index in [9.17, 15) is 4.39 Å². The van der Waals surface area contributed by atoms with Crippen molar-refractivity contribution in [2.75, 3.05) is 11.1 Å². The zero-order valence-electron chi connectivity index (χ0n) is 10.3. The number of nitrogen functional groups attached to an aromatic ring is 1. The van der Waals surface area contributed by atoms with E-state index in [1.165, 1.54) is 6.07 Å². The normalized spacial score (nSPS) is 10.8. The van der Waals surface area contributed by atoms with Crippen molar-refractivity contribution in [3.63, 3.8) is 0 Å². The molecule has 0 radical (unpaired) electrons. The number of nitrogens with two attached hydrogens (primary N) is 1. The minimum absolute atomic E-state index is 0.239. The topological polar surface area (TPSA) is 68.2 Å². The molecule has 0 unspecified atom stereocenters. The van der Waals surface area contributed by atoms with Crippen LogP contribution >= 0.6 is 0 Å². The zero-order chi connectivity index (χ0) is 13.4. The standard InChI is InChI=1S/C13H12FN5/c1-8-6-9(2-3-10(8)14)17-12-13-16-4-5-19(13)7-11(15)18-12/h2-7H,15H2,1H3,(H,17,18). The van der Waals surface area contributed by atoms with E-state index in [2.05, 4.69) is 15.3 Å². The Morgan fingerprint density at radius 3 is 3.00 bits per heavy atom. The van der Waals surface area contributed by atoms with Crippen molar-refractivity contribution in [1.82, 2.24) is 14.4 Å². The largest absolute Gasteiger partial charge is 0.382 e. The Morgan fingerprint density at radius 1 is 1.37 bits per heavy atom. The van der Waals surface area contributed by atoms with Crippen LogP contribution in [0.2, 0.25) is 0 Å². The molecule has 0 aliphatic rings. The van der Waals surface area contributed by atoms with Gasteiger partial charge in [0.2, 0.25) is 0 Å². The van der Waals surface area contributed by atoms with Crippen LogP contribution in [-0.2, 0) is 0 Å². The Bertz CT molecular complexity index is 750. The van der Waals surface area contributed by atoms with Crippen LogP contribution < -0.4 is 11.1 Å². The second kappa shape index (κ2) is 4.24. The third-order valence-corrected chi connectivity index (χ3v) is 2.81. The first kappa shape index (κ1) is 11.5. The summed E-state index contributed by atoms with van der Waals surface area (Å²) in [6, 6.07) is 4.76. The van der Waals surface area contributed by atoms with Crippen LogP contribution in [0.3, 0.4) is 0 Å². The predicted molar refractivity (Wildman–Crippen MR) is 71.8 cm³/mol. The molecule has 0 spiro atoms. The highest BCUT2D eigenvalue weighted by Crippen LogP contribution is 2.21. The number of hydrogen-bond donors (Lipinski definition) is 2. The fourth-order valence-electron chi connectivity index (χ4n) is 1.89. The number of hydrogen-bond acceptors (Lipinski definition) is 4. The number of fused-ring (bicyclic) bond motifs is 1. The van der Waals surface area contributed by atoms with Gasteiger partial charge in [-0.1, -0.05) is 0 Å². The molecule has 6 heteroatoms. The van der Waals surface area contributed by atoms with Gasteiger partial charge in [0.05, 0.1) is 6.20 Å². The smallest absolute Gasteiger partial charge is 0.180 e. The molecule has 0 bridgehead atoms. The van der Waals surface area contributed by atoms with Gasteiger partial charge in [-0.3, -0.25) is 0 Å². The summed E-state index contributed by atoms with van der Waals surface area (Å²) in [4.78, 5) is 8.41. The second-order valence-corrected chi connectivity index (χ2v) is 4.26. The number of imidazole rings is 1. The number of anilines is 3. The Hall–Kier alpha value is -2.63. The Kier molecular flexibility index (Phi) is 2.56. The summed E-state index contributed by atoms with van der Waals surface area (Å²) in [5.41, 5.74) is 7.70. The average molecular weight is 257 g/mol. The Balaban J connectivity index is 2.04. The van der Waals surface area contributed by atoms with Gasteiger partial charge >= 0.3 is 0 Å². The van der Waals surface area contributed by atoms with E-state index in [0.29, 0.717) is 22.8 Å². The molecule has 2 heterocycles. The fourth-order valence-corrected chi connectivity index (χ4v) is 1.89. The lowest BCUT2D eigenvalue weighted by atomic mass is 10.2. The van der Waals surface area contributed by atoms with Crippen LogP contribution in [0.1, 0.15) is 5.56 Å². The second-order valence-electron chi connectivity index (χ2n) is 4.26. The van der Waals surface area contributed by atoms with Gasteiger partial charge in [-0.25, -0.2) is 14.4 Å². The van der Waals surface area contributed by atoms with Crippen molar-refractivity contribution in [3.8, 4) is 0 Å². The van der Waals surface area contributed by atoms with E-state index in [1.807, 2.05) is 0 Å². The predicted octanol–water partition coefficient (Wildman–Crippen LogP) is 2.50. The van der Waals surface area contributed by atoms with Crippen LogP contribution in [0.4, 0.5) is 21.7 Å². The van der Waals surface area contributed by atoms with E-state index in [-0.39, 0.29) is 5.82 Å². The monoisotopic (exact) mass is 257 g/mol. The van der Waals surface area contributed by atoms with E-state index < -0.39 is 0 Å². The molecule has 0 amide bonds. The summed E-state index contributed by atoms with van der Waals surface area (Å²) >= 11 is 0. The summed E-state index contributed by atoms with van der Waals surface area (Å²) in [5.74, 6) is 0.680. The summed E-state index contributed by atoms with van der Waals surface area (Å²) in [5, 5.41) is 3.10. The van der Waals surface area contributed by atoms with Gasteiger partial charge in [-0.15, -0.1) is 0 Å². The molecule has 0 fully saturated rings. The van der Waals surface area contributed by atoms with Crippen LogP contribution in [0.5, 0.6) is 0 Å².